The average Bonchev–Trinajstić information content (AvgIpc) is 3.21. The van der Waals surface area contributed by atoms with Crippen molar-refractivity contribution in [1.82, 2.24) is 15.2 Å². The van der Waals surface area contributed by atoms with Crippen LogP contribution in [-0.2, 0) is 0 Å². The maximum Gasteiger partial charge on any atom is 0.249 e. The number of ether oxygens (including phenoxy) is 2. The summed E-state index contributed by atoms with van der Waals surface area (Å²) in [5.41, 5.74) is 1.72. The van der Waals surface area contributed by atoms with Crippen LogP contribution in [0.4, 0.5) is 0 Å². The third-order valence-electron chi connectivity index (χ3n) is 3.21. The van der Waals surface area contributed by atoms with Crippen LogP contribution in [0.1, 0.15) is 11.5 Å². The molecule has 0 radical (unpaired) electrons. The van der Waals surface area contributed by atoms with E-state index in [-0.39, 0.29) is 6.79 Å². The Kier molecular flexibility index (Phi) is 3.55. The van der Waals surface area contributed by atoms with Gasteiger partial charge in [0.2, 0.25) is 18.6 Å². The lowest BCUT2D eigenvalue weighted by Gasteiger charge is -1.96. The molecule has 0 bridgehead atoms. The normalized spacial score (nSPS) is 12.9. The number of halogens is 1. The molecule has 1 aromatic carbocycles. The maximum atomic E-state index is 5.61. The predicted octanol–water partition coefficient (Wildman–Crippen LogP) is 3.79. The van der Waals surface area contributed by atoms with Gasteiger partial charge in [0, 0.05) is 22.9 Å². The number of pyridine rings is 1. The molecule has 0 amide bonds. The Morgan fingerprint density at radius 3 is 2.83 bits per heavy atom. The van der Waals surface area contributed by atoms with E-state index in [0.29, 0.717) is 11.8 Å². The van der Waals surface area contributed by atoms with Gasteiger partial charge in [0.05, 0.1) is 5.56 Å². The molecule has 7 heteroatoms. The first-order chi connectivity index (χ1) is 11.3. The zero-order chi connectivity index (χ0) is 15.6. The molecule has 0 spiro atoms. The summed E-state index contributed by atoms with van der Waals surface area (Å²) in [5, 5.41) is 8.03. The molecule has 0 aliphatic carbocycles. The van der Waals surface area contributed by atoms with E-state index >= 15 is 0 Å². The minimum absolute atomic E-state index is 0.260. The van der Waals surface area contributed by atoms with Crippen molar-refractivity contribution in [2.75, 3.05) is 6.79 Å². The second-order valence-electron chi connectivity index (χ2n) is 4.78. The summed E-state index contributed by atoms with van der Waals surface area (Å²) in [5.74, 6) is 2.32. The highest BCUT2D eigenvalue weighted by Crippen LogP contribution is 2.33. The van der Waals surface area contributed by atoms with Gasteiger partial charge in [-0.3, -0.25) is 4.98 Å². The van der Waals surface area contributed by atoms with Gasteiger partial charge in [-0.05, 0) is 45.8 Å². The molecule has 3 heterocycles. The quantitative estimate of drug-likeness (QED) is 0.697. The summed E-state index contributed by atoms with van der Waals surface area (Å²) in [7, 11) is 0. The van der Waals surface area contributed by atoms with Crippen molar-refractivity contribution in [3.05, 3.63) is 52.6 Å². The average molecular weight is 372 g/mol. The van der Waals surface area contributed by atoms with Crippen LogP contribution in [0.3, 0.4) is 0 Å². The zero-order valence-corrected chi connectivity index (χ0v) is 13.4. The molecule has 1 aliphatic heterocycles. The van der Waals surface area contributed by atoms with Gasteiger partial charge in [-0.1, -0.05) is 6.07 Å². The van der Waals surface area contributed by atoms with Crippen molar-refractivity contribution in [1.29, 1.82) is 0 Å². The van der Waals surface area contributed by atoms with Crippen LogP contribution in [-0.4, -0.2) is 22.0 Å². The van der Waals surface area contributed by atoms with Crippen molar-refractivity contribution in [2.45, 2.75) is 0 Å². The first-order valence-corrected chi connectivity index (χ1v) is 7.59. The lowest BCUT2D eigenvalue weighted by atomic mass is 10.2. The van der Waals surface area contributed by atoms with Crippen molar-refractivity contribution >= 4 is 28.1 Å². The third-order valence-corrected chi connectivity index (χ3v) is 3.64. The number of benzene rings is 1. The molecule has 0 atom stereocenters. The molecular weight excluding hydrogens is 362 g/mol. The van der Waals surface area contributed by atoms with Gasteiger partial charge < -0.3 is 13.9 Å². The molecule has 114 valence electrons. The highest BCUT2D eigenvalue weighted by molar-refractivity contribution is 9.10. The molecule has 0 saturated heterocycles. The van der Waals surface area contributed by atoms with E-state index < -0.39 is 0 Å². The molecular formula is C16H10BrN3O3. The first-order valence-electron chi connectivity index (χ1n) is 6.80. The fraction of sp³-hybridized carbons (Fsp3) is 0.0625. The zero-order valence-electron chi connectivity index (χ0n) is 11.8. The number of hydrogen-bond donors (Lipinski definition) is 0. The number of fused-ring (bicyclic) bond motifs is 1. The predicted molar refractivity (Wildman–Crippen MR) is 86.7 cm³/mol. The lowest BCUT2D eigenvalue weighted by molar-refractivity contribution is 0.174. The van der Waals surface area contributed by atoms with Crippen LogP contribution in [0, 0.1) is 0 Å². The minimum Gasteiger partial charge on any atom is -0.454 e. The van der Waals surface area contributed by atoms with Crippen LogP contribution in [0.5, 0.6) is 11.5 Å². The Hall–Kier alpha value is -2.67. The van der Waals surface area contributed by atoms with Crippen LogP contribution in [0.25, 0.3) is 23.6 Å². The Morgan fingerprint density at radius 2 is 1.91 bits per heavy atom. The Morgan fingerprint density at radius 1 is 1.00 bits per heavy atom. The third kappa shape index (κ3) is 2.95. The Balaban J connectivity index is 1.55. The fourth-order valence-electron chi connectivity index (χ4n) is 2.13. The van der Waals surface area contributed by atoms with E-state index in [1.165, 1.54) is 0 Å². The molecule has 0 saturated carbocycles. The van der Waals surface area contributed by atoms with E-state index in [9.17, 15) is 0 Å². The number of aromatic nitrogens is 3. The van der Waals surface area contributed by atoms with Gasteiger partial charge >= 0.3 is 0 Å². The summed E-state index contributed by atoms with van der Waals surface area (Å²) >= 11 is 3.36. The molecule has 3 aromatic rings. The number of nitrogens with zero attached hydrogens (tertiary/aromatic N) is 3. The van der Waals surface area contributed by atoms with Crippen LogP contribution < -0.4 is 9.47 Å². The van der Waals surface area contributed by atoms with E-state index in [2.05, 4.69) is 31.1 Å². The Labute approximate surface area is 139 Å². The summed E-state index contributed by atoms with van der Waals surface area (Å²) in [6, 6.07) is 7.56. The van der Waals surface area contributed by atoms with Crippen molar-refractivity contribution in [2.24, 2.45) is 0 Å². The van der Waals surface area contributed by atoms with E-state index in [4.69, 9.17) is 13.9 Å². The second kappa shape index (κ2) is 5.85. The van der Waals surface area contributed by atoms with E-state index in [1.54, 1.807) is 18.5 Å². The highest BCUT2D eigenvalue weighted by atomic mass is 79.9. The van der Waals surface area contributed by atoms with Gasteiger partial charge in [0.1, 0.15) is 0 Å². The van der Waals surface area contributed by atoms with Crippen LogP contribution >= 0.6 is 15.9 Å². The molecule has 4 rings (SSSR count). The molecule has 2 aromatic heterocycles. The van der Waals surface area contributed by atoms with Crippen molar-refractivity contribution in [3.63, 3.8) is 0 Å². The summed E-state index contributed by atoms with van der Waals surface area (Å²) in [6.07, 6.45) is 6.99. The largest absolute Gasteiger partial charge is 0.454 e. The monoisotopic (exact) mass is 371 g/mol. The highest BCUT2D eigenvalue weighted by Gasteiger charge is 2.12. The summed E-state index contributed by atoms with van der Waals surface area (Å²) in [4.78, 5) is 4.08. The smallest absolute Gasteiger partial charge is 0.249 e. The molecule has 0 fully saturated rings. The lowest BCUT2D eigenvalue weighted by Crippen LogP contribution is -1.92. The van der Waals surface area contributed by atoms with Crippen molar-refractivity contribution < 1.29 is 13.9 Å². The minimum atomic E-state index is 0.260. The molecule has 0 unspecified atom stereocenters. The van der Waals surface area contributed by atoms with Gasteiger partial charge in [-0.2, -0.15) is 0 Å². The summed E-state index contributed by atoms with van der Waals surface area (Å²) < 4.78 is 17.1. The maximum absolute atomic E-state index is 5.61. The Bertz CT molecular complexity index is 892. The topological polar surface area (TPSA) is 70.3 Å². The standard InChI is InChI=1S/C16H10BrN3O3/c17-12-6-11(7-18-8-12)16-20-19-15(23-16)4-2-10-1-3-13-14(5-10)22-9-21-13/h1-8H,9H2/b4-2+. The molecule has 0 N–H and O–H groups in total. The van der Waals surface area contributed by atoms with Crippen molar-refractivity contribution in [3.8, 4) is 23.0 Å². The first kappa shape index (κ1) is 14.0. The van der Waals surface area contributed by atoms with Gasteiger partial charge in [-0.15, -0.1) is 10.2 Å². The van der Waals surface area contributed by atoms with E-state index in [1.807, 2.05) is 30.3 Å². The van der Waals surface area contributed by atoms with Crippen LogP contribution in [0.2, 0.25) is 0 Å². The van der Waals surface area contributed by atoms with Gasteiger partial charge in [-0.25, -0.2) is 0 Å². The van der Waals surface area contributed by atoms with Crippen LogP contribution in [0.15, 0.2) is 45.5 Å². The van der Waals surface area contributed by atoms with Gasteiger partial charge in [0.25, 0.3) is 0 Å². The number of hydrogen-bond acceptors (Lipinski definition) is 6. The number of rotatable bonds is 3. The SMILES string of the molecule is Brc1cncc(-c2nnc(/C=C/c3ccc4c(c3)OCO4)o2)c1. The molecule has 23 heavy (non-hydrogen) atoms. The molecule has 6 nitrogen and oxygen atoms in total. The molecule has 1 aliphatic rings. The fourth-order valence-corrected chi connectivity index (χ4v) is 2.50. The summed E-state index contributed by atoms with van der Waals surface area (Å²) in [6.45, 7) is 0.260. The van der Waals surface area contributed by atoms with E-state index in [0.717, 1.165) is 27.1 Å². The second-order valence-corrected chi connectivity index (χ2v) is 5.70. The van der Waals surface area contributed by atoms with Gasteiger partial charge in [0.15, 0.2) is 11.5 Å².